The molecule has 0 saturated carbocycles. The van der Waals surface area contributed by atoms with Crippen LogP contribution in [0.15, 0.2) is 24.3 Å². The predicted octanol–water partition coefficient (Wildman–Crippen LogP) is 3.22. The van der Waals surface area contributed by atoms with E-state index in [1.165, 1.54) is 17.4 Å². The largest absolute Gasteiger partial charge is 0.205 e. The maximum Gasteiger partial charge on any atom is 0.140 e. The Kier molecular flexibility index (Phi) is 1.43. The second kappa shape index (κ2) is 2.31. The number of benzene rings is 1. The number of thiophene rings is 1. The van der Waals surface area contributed by atoms with Crippen molar-refractivity contribution in [2.24, 2.45) is 0 Å². The fraction of sp³-hybridized carbons (Fsp3) is 0. The minimum atomic E-state index is -0.151. The summed E-state index contributed by atoms with van der Waals surface area (Å²) in [6.45, 7) is 3.75. The molecule has 1 heterocycles. The highest BCUT2D eigenvalue weighted by Crippen LogP contribution is 2.26. The molecule has 1 aromatic carbocycles. The molecule has 11 heavy (non-hydrogen) atoms. The van der Waals surface area contributed by atoms with E-state index in [4.69, 9.17) is 0 Å². The van der Waals surface area contributed by atoms with Crippen LogP contribution < -0.4 is 0 Å². The van der Waals surface area contributed by atoms with E-state index < -0.39 is 0 Å². The third-order valence-electron chi connectivity index (χ3n) is 1.55. The molecule has 0 aliphatic rings. The fourth-order valence-corrected chi connectivity index (χ4v) is 1.94. The highest BCUT2D eigenvalue weighted by Gasteiger charge is 2.01. The van der Waals surface area contributed by atoms with E-state index in [0.29, 0.717) is 4.70 Å². The molecule has 1 aromatic heterocycles. The number of rotatable bonds is 0. The zero-order valence-electron chi connectivity index (χ0n) is 5.80. The molecule has 0 aliphatic heterocycles. The number of halogens is 1. The topological polar surface area (TPSA) is 0 Å². The predicted molar refractivity (Wildman–Crippen MR) is 46.2 cm³/mol. The standard InChI is InChI=1S/C9H6FS/c1-6-5-7-3-2-4-8(10)9(7)11-6/h2-5H,1H2. The second-order valence-corrected chi connectivity index (χ2v) is 3.51. The van der Waals surface area contributed by atoms with Gasteiger partial charge in [-0.05, 0) is 24.4 Å². The molecule has 0 N–H and O–H groups in total. The second-order valence-electron chi connectivity index (χ2n) is 2.37. The van der Waals surface area contributed by atoms with Crippen LogP contribution in [0.25, 0.3) is 10.1 Å². The van der Waals surface area contributed by atoms with Gasteiger partial charge in [-0.3, -0.25) is 0 Å². The van der Waals surface area contributed by atoms with Crippen LogP contribution >= 0.6 is 11.3 Å². The molecule has 55 valence electrons. The molecule has 0 nitrogen and oxygen atoms in total. The first-order valence-electron chi connectivity index (χ1n) is 3.27. The van der Waals surface area contributed by atoms with Crippen molar-refractivity contribution in [1.82, 2.24) is 0 Å². The summed E-state index contributed by atoms with van der Waals surface area (Å²) in [7, 11) is 0. The summed E-state index contributed by atoms with van der Waals surface area (Å²) in [5.74, 6) is -0.151. The lowest BCUT2D eigenvalue weighted by Crippen LogP contribution is -1.69. The number of hydrogen-bond acceptors (Lipinski definition) is 1. The first-order valence-corrected chi connectivity index (χ1v) is 4.09. The molecule has 1 radical (unpaired) electrons. The average molecular weight is 165 g/mol. The summed E-state index contributed by atoms with van der Waals surface area (Å²) in [4.78, 5) is 0.908. The highest BCUT2D eigenvalue weighted by atomic mass is 32.1. The lowest BCUT2D eigenvalue weighted by molar-refractivity contribution is 0.642. The van der Waals surface area contributed by atoms with E-state index >= 15 is 0 Å². The van der Waals surface area contributed by atoms with Crippen LogP contribution in [-0.4, -0.2) is 0 Å². The molecule has 0 bridgehead atoms. The van der Waals surface area contributed by atoms with Gasteiger partial charge >= 0.3 is 0 Å². The molecule has 2 aromatic rings. The SMILES string of the molecule is [CH2]c1cc2cccc(F)c2s1. The van der Waals surface area contributed by atoms with Crippen LogP contribution in [0.1, 0.15) is 4.88 Å². The summed E-state index contributed by atoms with van der Waals surface area (Å²) in [6.07, 6.45) is 0. The Morgan fingerprint density at radius 2 is 2.18 bits per heavy atom. The zero-order valence-corrected chi connectivity index (χ0v) is 6.62. The Bertz CT molecular complexity index is 389. The van der Waals surface area contributed by atoms with Gasteiger partial charge in [0.2, 0.25) is 0 Å². The van der Waals surface area contributed by atoms with Crippen molar-refractivity contribution >= 4 is 21.4 Å². The van der Waals surface area contributed by atoms with Crippen molar-refractivity contribution in [1.29, 1.82) is 0 Å². The van der Waals surface area contributed by atoms with E-state index in [-0.39, 0.29) is 5.82 Å². The highest BCUT2D eigenvalue weighted by molar-refractivity contribution is 7.19. The molecular formula is C9H6FS. The van der Waals surface area contributed by atoms with Gasteiger partial charge in [0, 0.05) is 4.88 Å². The maximum absolute atomic E-state index is 13.0. The fourth-order valence-electron chi connectivity index (χ4n) is 1.08. The molecule has 0 amide bonds. The Hall–Kier alpha value is -0.890. The number of hydrogen-bond donors (Lipinski definition) is 0. The van der Waals surface area contributed by atoms with E-state index in [2.05, 4.69) is 6.92 Å². The molecule has 0 unspecified atom stereocenters. The molecule has 0 aliphatic carbocycles. The van der Waals surface area contributed by atoms with Crippen molar-refractivity contribution in [3.05, 3.63) is 41.9 Å². The van der Waals surface area contributed by atoms with Crippen molar-refractivity contribution < 1.29 is 4.39 Å². The molecule has 2 heteroatoms. The minimum Gasteiger partial charge on any atom is -0.205 e. The Morgan fingerprint density at radius 1 is 1.36 bits per heavy atom. The van der Waals surface area contributed by atoms with Crippen molar-refractivity contribution in [3.63, 3.8) is 0 Å². The third kappa shape index (κ3) is 1.03. The first-order chi connectivity index (χ1) is 5.27. The van der Waals surface area contributed by atoms with Crippen LogP contribution in [0.2, 0.25) is 0 Å². The van der Waals surface area contributed by atoms with Crippen molar-refractivity contribution in [2.45, 2.75) is 0 Å². The van der Waals surface area contributed by atoms with Crippen LogP contribution in [0.4, 0.5) is 4.39 Å². The van der Waals surface area contributed by atoms with Gasteiger partial charge in [0.15, 0.2) is 0 Å². The van der Waals surface area contributed by atoms with Crippen LogP contribution in [-0.2, 0) is 0 Å². The van der Waals surface area contributed by atoms with Crippen molar-refractivity contribution in [3.8, 4) is 0 Å². The monoisotopic (exact) mass is 165 g/mol. The molecule has 0 fully saturated rings. The van der Waals surface area contributed by atoms with Gasteiger partial charge in [-0.15, -0.1) is 11.3 Å². The Balaban J connectivity index is 2.90. The summed E-state index contributed by atoms with van der Waals surface area (Å²) in [6, 6.07) is 6.97. The summed E-state index contributed by atoms with van der Waals surface area (Å²) >= 11 is 1.39. The summed E-state index contributed by atoms with van der Waals surface area (Å²) < 4.78 is 13.7. The van der Waals surface area contributed by atoms with Gasteiger partial charge in [0.25, 0.3) is 0 Å². The molecule has 0 spiro atoms. The quantitative estimate of drug-likeness (QED) is 0.562. The van der Waals surface area contributed by atoms with Gasteiger partial charge in [-0.2, -0.15) is 0 Å². The third-order valence-corrected chi connectivity index (χ3v) is 2.56. The minimum absolute atomic E-state index is 0.151. The van der Waals surface area contributed by atoms with E-state index in [9.17, 15) is 4.39 Å². The van der Waals surface area contributed by atoms with Crippen LogP contribution in [0, 0.1) is 12.7 Å². The summed E-state index contributed by atoms with van der Waals surface area (Å²) in [5, 5.41) is 0.944. The lowest BCUT2D eigenvalue weighted by Gasteiger charge is -1.87. The lowest BCUT2D eigenvalue weighted by atomic mass is 10.2. The van der Waals surface area contributed by atoms with Gasteiger partial charge in [-0.25, -0.2) is 4.39 Å². The smallest absolute Gasteiger partial charge is 0.140 e. The average Bonchev–Trinajstić information content (AvgIpc) is 2.31. The molecular weight excluding hydrogens is 159 g/mol. The van der Waals surface area contributed by atoms with Gasteiger partial charge in [0.1, 0.15) is 5.82 Å². The van der Waals surface area contributed by atoms with E-state index in [1.807, 2.05) is 12.1 Å². The van der Waals surface area contributed by atoms with E-state index in [0.717, 1.165) is 10.3 Å². The van der Waals surface area contributed by atoms with Gasteiger partial charge in [-0.1, -0.05) is 12.1 Å². The summed E-state index contributed by atoms with van der Waals surface area (Å²) in [5.41, 5.74) is 0. The normalized spacial score (nSPS) is 10.7. The molecule has 2 rings (SSSR count). The van der Waals surface area contributed by atoms with E-state index in [1.54, 1.807) is 6.07 Å². The van der Waals surface area contributed by atoms with Gasteiger partial charge < -0.3 is 0 Å². The zero-order chi connectivity index (χ0) is 7.84. The maximum atomic E-state index is 13.0. The van der Waals surface area contributed by atoms with Crippen LogP contribution in [0.3, 0.4) is 0 Å². The molecule has 0 atom stereocenters. The molecule has 0 saturated heterocycles. The van der Waals surface area contributed by atoms with Crippen molar-refractivity contribution in [2.75, 3.05) is 0 Å². The Labute approximate surface area is 68.3 Å². The first kappa shape index (κ1) is 6.80. The Morgan fingerprint density at radius 3 is 2.91 bits per heavy atom. The van der Waals surface area contributed by atoms with Gasteiger partial charge in [0.05, 0.1) is 4.70 Å². The van der Waals surface area contributed by atoms with Crippen LogP contribution in [0.5, 0.6) is 0 Å². The number of fused-ring (bicyclic) bond motifs is 1.